The van der Waals surface area contributed by atoms with Gasteiger partial charge in [-0.05, 0) is 49.5 Å². The maximum Gasteiger partial charge on any atom is 0.257 e. The summed E-state index contributed by atoms with van der Waals surface area (Å²) in [6.45, 7) is 3.00. The van der Waals surface area contributed by atoms with E-state index in [1.54, 1.807) is 18.2 Å². The van der Waals surface area contributed by atoms with E-state index >= 15 is 0 Å². The molecular formula is C17H16N2O3S. The lowest BCUT2D eigenvalue weighted by Crippen LogP contribution is -2.34. The number of amides is 1. The first kappa shape index (κ1) is 15.3. The average Bonchev–Trinajstić information content (AvgIpc) is 2.56. The highest BCUT2D eigenvalue weighted by atomic mass is 32.1. The number of ether oxygens (including phenoxy) is 2. The molecule has 1 heterocycles. The molecule has 23 heavy (non-hydrogen) atoms. The Balaban J connectivity index is 1.64. The van der Waals surface area contributed by atoms with E-state index in [1.807, 2.05) is 31.2 Å². The molecule has 0 spiro atoms. The van der Waals surface area contributed by atoms with Crippen LogP contribution in [-0.4, -0.2) is 24.2 Å². The SMILES string of the molecule is Cc1ccc(NC(=S)NC(=O)c2ccc3c(c2)OCCO3)cc1. The normalized spacial score (nSPS) is 12.4. The lowest BCUT2D eigenvalue weighted by molar-refractivity contribution is 0.0976. The molecule has 1 amide bonds. The smallest absolute Gasteiger partial charge is 0.257 e. The third kappa shape index (κ3) is 3.78. The molecule has 2 aromatic carbocycles. The van der Waals surface area contributed by atoms with Crippen molar-refractivity contribution in [2.75, 3.05) is 18.5 Å². The van der Waals surface area contributed by atoms with Crippen LogP contribution < -0.4 is 20.1 Å². The van der Waals surface area contributed by atoms with E-state index < -0.39 is 0 Å². The second-order valence-electron chi connectivity index (χ2n) is 5.13. The predicted octanol–water partition coefficient (Wildman–Crippen LogP) is 2.89. The maximum absolute atomic E-state index is 12.3. The van der Waals surface area contributed by atoms with E-state index in [-0.39, 0.29) is 11.0 Å². The first-order valence-corrected chi connectivity index (χ1v) is 7.61. The second-order valence-corrected chi connectivity index (χ2v) is 5.54. The highest BCUT2D eigenvalue weighted by Gasteiger charge is 2.15. The van der Waals surface area contributed by atoms with E-state index in [0.29, 0.717) is 30.3 Å². The van der Waals surface area contributed by atoms with Crippen LogP contribution in [0.25, 0.3) is 0 Å². The van der Waals surface area contributed by atoms with Gasteiger partial charge in [0.05, 0.1) is 0 Å². The molecule has 2 aromatic rings. The van der Waals surface area contributed by atoms with Gasteiger partial charge in [-0.1, -0.05) is 17.7 Å². The summed E-state index contributed by atoms with van der Waals surface area (Å²) in [5.74, 6) is 0.918. The van der Waals surface area contributed by atoms with Crippen molar-refractivity contribution in [3.05, 3.63) is 53.6 Å². The maximum atomic E-state index is 12.3. The Morgan fingerprint density at radius 2 is 1.74 bits per heavy atom. The van der Waals surface area contributed by atoms with Crippen molar-refractivity contribution in [1.29, 1.82) is 0 Å². The van der Waals surface area contributed by atoms with E-state index in [9.17, 15) is 4.79 Å². The molecule has 6 heteroatoms. The number of carbonyl (C=O) groups excluding carboxylic acids is 1. The molecule has 0 atom stereocenters. The standard InChI is InChI=1S/C17H16N2O3S/c1-11-2-5-13(6-3-11)18-17(23)19-16(20)12-4-7-14-15(10-12)22-9-8-21-14/h2-7,10H,8-9H2,1H3,(H2,18,19,20,23). The largest absolute Gasteiger partial charge is 0.486 e. The fraction of sp³-hybridized carbons (Fsp3) is 0.176. The lowest BCUT2D eigenvalue weighted by atomic mass is 10.2. The van der Waals surface area contributed by atoms with Crippen molar-refractivity contribution in [2.45, 2.75) is 6.92 Å². The summed E-state index contributed by atoms with van der Waals surface area (Å²) in [5, 5.41) is 5.87. The molecule has 0 radical (unpaired) electrons. The summed E-state index contributed by atoms with van der Waals surface area (Å²) in [5.41, 5.74) is 2.44. The summed E-state index contributed by atoms with van der Waals surface area (Å²) in [7, 11) is 0. The number of thiocarbonyl (C=S) groups is 1. The monoisotopic (exact) mass is 328 g/mol. The molecule has 0 aliphatic carbocycles. The number of hydrogen-bond donors (Lipinski definition) is 2. The van der Waals surface area contributed by atoms with Gasteiger partial charge in [0.2, 0.25) is 0 Å². The molecule has 0 fully saturated rings. The van der Waals surface area contributed by atoms with Gasteiger partial charge in [0.25, 0.3) is 5.91 Å². The van der Waals surface area contributed by atoms with Gasteiger partial charge in [-0.2, -0.15) is 0 Å². The third-order valence-corrected chi connectivity index (χ3v) is 3.54. The number of fused-ring (bicyclic) bond motifs is 1. The average molecular weight is 328 g/mol. The zero-order chi connectivity index (χ0) is 16.2. The van der Waals surface area contributed by atoms with Crippen LogP contribution in [0.2, 0.25) is 0 Å². The zero-order valence-corrected chi connectivity index (χ0v) is 13.4. The number of rotatable bonds is 2. The van der Waals surface area contributed by atoms with E-state index in [0.717, 1.165) is 11.3 Å². The van der Waals surface area contributed by atoms with Crippen LogP contribution in [0.15, 0.2) is 42.5 Å². The first-order chi connectivity index (χ1) is 11.1. The summed E-state index contributed by atoms with van der Waals surface area (Å²) in [6, 6.07) is 12.8. The summed E-state index contributed by atoms with van der Waals surface area (Å²) in [4.78, 5) is 12.3. The van der Waals surface area contributed by atoms with E-state index in [1.165, 1.54) is 0 Å². The molecule has 0 bridgehead atoms. The molecule has 5 nitrogen and oxygen atoms in total. The number of aryl methyl sites for hydroxylation is 1. The molecule has 118 valence electrons. The van der Waals surface area contributed by atoms with Crippen molar-refractivity contribution in [1.82, 2.24) is 5.32 Å². The molecule has 1 aliphatic rings. The van der Waals surface area contributed by atoms with Crippen molar-refractivity contribution < 1.29 is 14.3 Å². The van der Waals surface area contributed by atoms with Crippen LogP contribution in [0, 0.1) is 6.92 Å². The van der Waals surface area contributed by atoms with Gasteiger partial charge in [0.15, 0.2) is 16.6 Å². The van der Waals surface area contributed by atoms with Gasteiger partial charge in [-0.15, -0.1) is 0 Å². The van der Waals surface area contributed by atoms with E-state index in [2.05, 4.69) is 10.6 Å². The van der Waals surface area contributed by atoms with E-state index in [4.69, 9.17) is 21.7 Å². The van der Waals surface area contributed by atoms with Crippen LogP contribution >= 0.6 is 12.2 Å². The molecule has 1 aliphatic heterocycles. The number of carbonyl (C=O) groups is 1. The number of hydrogen-bond acceptors (Lipinski definition) is 4. The Hall–Kier alpha value is -2.60. The van der Waals surface area contributed by atoms with Gasteiger partial charge in [-0.25, -0.2) is 0 Å². The minimum Gasteiger partial charge on any atom is -0.486 e. The number of benzene rings is 2. The van der Waals surface area contributed by atoms with Gasteiger partial charge in [0, 0.05) is 11.3 Å². The van der Waals surface area contributed by atoms with Crippen molar-refractivity contribution >= 4 is 28.9 Å². The molecular weight excluding hydrogens is 312 g/mol. The molecule has 3 rings (SSSR count). The van der Waals surface area contributed by atoms with Gasteiger partial charge >= 0.3 is 0 Å². The first-order valence-electron chi connectivity index (χ1n) is 7.20. The Morgan fingerprint density at radius 3 is 2.48 bits per heavy atom. The fourth-order valence-electron chi connectivity index (χ4n) is 2.16. The molecule has 0 unspecified atom stereocenters. The van der Waals surface area contributed by atoms with Crippen molar-refractivity contribution in [3.8, 4) is 11.5 Å². The molecule has 0 saturated heterocycles. The highest BCUT2D eigenvalue weighted by Crippen LogP contribution is 2.30. The van der Waals surface area contributed by atoms with Crippen molar-refractivity contribution in [2.24, 2.45) is 0 Å². The number of nitrogens with one attached hydrogen (secondary N) is 2. The molecule has 0 aromatic heterocycles. The quantitative estimate of drug-likeness (QED) is 0.830. The van der Waals surface area contributed by atoms with Crippen molar-refractivity contribution in [3.63, 3.8) is 0 Å². The fourth-order valence-corrected chi connectivity index (χ4v) is 2.37. The van der Waals surface area contributed by atoms with Crippen LogP contribution in [0.3, 0.4) is 0 Å². The Morgan fingerprint density at radius 1 is 1.04 bits per heavy atom. The lowest BCUT2D eigenvalue weighted by Gasteiger charge is -2.18. The predicted molar refractivity (Wildman–Crippen MR) is 92.3 cm³/mol. The highest BCUT2D eigenvalue weighted by molar-refractivity contribution is 7.80. The minimum absolute atomic E-state index is 0.244. The number of anilines is 1. The van der Waals surface area contributed by atoms with Gasteiger partial charge in [-0.3, -0.25) is 10.1 Å². The topological polar surface area (TPSA) is 59.6 Å². The van der Waals surface area contributed by atoms with Gasteiger partial charge < -0.3 is 14.8 Å². The Kier molecular flexibility index (Phi) is 4.43. The third-order valence-electron chi connectivity index (χ3n) is 3.34. The van der Waals surface area contributed by atoms with Crippen LogP contribution in [-0.2, 0) is 0 Å². The molecule has 2 N–H and O–H groups in total. The van der Waals surface area contributed by atoms with Crippen LogP contribution in [0.1, 0.15) is 15.9 Å². The zero-order valence-electron chi connectivity index (χ0n) is 12.6. The Bertz CT molecular complexity index is 744. The summed E-state index contributed by atoms with van der Waals surface area (Å²) >= 11 is 5.17. The van der Waals surface area contributed by atoms with Crippen LogP contribution in [0.5, 0.6) is 11.5 Å². The summed E-state index contributed by atoms with van der Waals surface area (Å²) < 4.78 is 10.9. The molecule has 0 saturated carbocycles. The minimum atomic E-state index is -0.299. The summed E-state index contributed by atoms with van der Waals surface area (Å²) in [6.07, 6.45) is 0. The Labute approximate surface area is 139 Å². The second kappa shape index (κ2) is 6.66. The van der Waals surface area contributed by atoms with Crippen LogP contribution in [0.4, 0.5) is 5.69 Å². The van der Waals surface area contributed by atoms with Gasteiger partial charge in [0.1, 0.15) is 13.2 Å².